The Balaban J connectivity index is 1.71. The van der Waals surface area contributed by atoms with Gasteiger partial charge in [-0.25, -0.2) is 0 Å². The summed E-state index contributed by atoms with van der Waals surface area (Å²) in [5.74, 6) is 0.0216. The molecule has 23 heavy (non-hydrogen) atoms. The first-order valence-corrected chi connectivity index (χ1v) is 8.31. The Morgan fingerprint density at radius 1 is 1.22 bits per heavy atom. The van der Waals surface area contributed by atoms with Crippen LogP contribution in [0.15, 0.2) is 42.5 Å². The van der Waals surface area contributed by atoms with Gasteiger partial charge in [0.1, 0.15) is 5.75 Å². The fourth-order valence-corrected chi connectivity index (χ4v) is 3.62. The fraction of sp³-hybridized carbons (Fsp3) is 0.278. The molecule has 0 aromatic heterocycles. The molecule has 1 saturated heterocycles. The third kappa shape index (κ3) is 3.62. The van der Waals surface area contributed by atoms with Gasteiger partial charge in [-0.2, -0.15) is 0 Å². The molecular weight excluding hydrogens is 333 g/mol. The number of hydrogen-bond acceptors (Lipinski definition) is 2. The second-order valence-corrected chi connectivity index (χ2v) is 6.72. The number of nitrogens with zero attached hydrogens (tertiary/aromatic N) is 1. The first kappa shape index (κ1) is 16.2. The first-order valence-electron chi connectivity index (χ1n) is 7.56. The Bertz CT molecular complexity index is 695. The molecule has 5 heteroatoms. The van der Waals surface area contributed by atoms with Gasteiger partial charge in [0.05, 0.1) is 10.6 Å². The van der Waals surface area contributed by atoms with Crippen LogP contribution in [0, 0.1) is 5.92 Å². The molecule has 0 radical (unpaired) electrons. The number of carbonyl (C=O) groups is 1. The van der Waals surface area contributed by atoms with E-state index in [4.69, 9.17) is 23.2 Å². The molecule has 0 bridgehead atoms. The van der Waals surface area contributed by atoms with E-state index < -0.39 is 0 Å². The molecular formula is C18H17Cl2NO2. The standard InChI is InChI=1S/C18H17Cl2NO2/c19-14-9-15(20)17(16(22)10-14)18(23)21-7-6-13(11-21)8-12-4-2-1-3-5-12/h1-5,9-10,13,22H,6-8,11H2. The lowest BCUT2D eigenvalue weighted by molar-refractivity contribution is 0.0784. The zero-order valence-corrected chi connectivity index (χ0v) is 14.0. The minimum Gasteiger partial charge on any atom is -0.507 e. The Kier molecular flexibility index (Phi) is 4.79. The van der Waals surface area contributed by atoms with Crippen LogP contribution < -0.4 is 0 Å². The van der Waals surface area contributed by atoms with Crippen molar-refractivity contribution >= 4 is 29.1 Å². The summed E-state index contributed by atoms with van der Waals surface area (Å²) in [6.45, 7) is 1.35. The average molecular weight is 350 g/mol. The van der Waals surface area contributed by atoms with Gasteiger partial charge in [-0.1, -0.05) is 53.5 Å². The molecule has 2 aromatic carbocycles. The summed E-state index contributed by atoms with van der Waals surface area (Å²) in [6, 6.07) is 13.1. The lowest BCUT2D eigenvalue weighted by Crippen LogP contribution is -2.29. The second-order valence-electron chi connectivity index (χ2n) is 5.88. The van der Waals surface area contributed by atoms with Crippen molar-refractivity contribution in [2.75, 3.05) is 13.1 Å². The molecule has 0 spiro atoms. The number of hydrogen-bond donors (Lipinski definition) is 1. The van der Waals surface area contributed by atoms with Crippen LogP contribution >= 0.6 is 23.2 Å². The van der Waals surface area contributed by atoms with E-state index in [2.05, 4.69) is 12.1 Å². The molecule has 1 N–H and O–H groups in total. The van der Waals surface area contributed by atoms with E-state index in [0.717, 1.165) is 12.8 Å². The molecule has 3 rings (SSSR count). The highest BCUT2D eigenvalue weighted by molar-refractivity contribution is 6.37. The van der Waals surface area contributed by atoms with Crippen LogP contribution in [-0.4, -0.2) is 29.0 Å². The van der Waals surface area contributed by atoms with Gasteiger partial charge < -0.3 is 10.0 Å². The number of benzene rings is 2. The van der Waals surface area contributed by atoms with Gasteiger partial charge >= 0.3 is 0 Å². The molecule has 1 aliphatic heterocycles. The molecule has 2 aromatic rings. The van der Waals surface area contributed by atoms with Gasteiger partial charge in [0.2, 0.25) is 0 Å². The molecule has 1 heterocycles. The second kappa shape index (κ2) is 6.81. The third-order valence-electron chi connectivity index (χ3n) is 4.19. The van der Waals surface area contributed by atoms with Crippen molar-refractivity contribution in [1.82, 2.24) is 4.90 Å². The van der Waals surface area contributed by atoms with Crippen molar-refractivity contribution in [3.05, 3.63) is 63.6 Å². The highest BCUT2D eigenvalue weighted by atomic mass is 35.5. The van der Waals surface area contributed by atoms with Crippen molar-refractivity contribution in [3.8, 4) is 5.75 Å². The topological polar surface area (TPSA) is 40.5 Å². The smallest absolute Gasteiger partial charge is 0.259 e. The first-order chi connectivity index (χ1) is 11.0. The third-order valence-corrected chi connectivity index (χ3v) is 4.70. The number of phenols is 1. The summed E-state index contributed by atoms with van der Waals surface area (Å²) in [5, 5.41) is 10.5. The maximum absolute atomic E-state index is 12.6. The predicted molar refractivity (Wildman–Crippen MR) is 92.3 cm³/mol. The minimum absolute atomic E-state index is 0.136. The fourth-order valence-electron chi connectivity index (χ4n) is 3.06. The lowest BCUT2D eigenvalue weighted by atomic mass is 9.99. The molecule has 1 aliphatic rings. The largest absolute Gasteiger partial charge is 0.507 e. The van der Waals surface area contributed by atoms with Crippen LogP contribution in [0.4, 0.5) is 0 Å². The highest BCUT2D eigenvalue weighted by Gasteiger charge is 2.29. The van der Waals surface area contributed by atoms with Gasteiger partial charge in [0.15, 0.2) is 0 Å². The maximum atomic E-state index is 12.6. The molecule has 3 nitrogen and oxygen atoms in total. The summed E-state index contributed by atoms with van der Waals surface area (Å²) in [4.78, 5) is 14.4. The van der Waals surface area contributed by atoms with Crippen molar-refractivity contribution < 1.29 is 9.90 Å². The summed E-state index contributed by atoms with van der Waals surface area (Å²) in [6.07, 6.45) is 1.90. The Hall–Kier alpha value is -1.71. The van der Waals surface area contributed by atoms with Gasteiger partial charge in [-0.3, -0.25) is 4.79 Å². The average Bonchev–Trinajstić information content (AvgIpc) is 2.95. The Labute approximate surface area is 145 Å². The Morgan fingerprint density at radius 2 is 1.96 bits per heavy atom. The molecule has 120 valence electrons. The van der Waals surface area contributed by atoms with Gasteiger partial charge in [-0.05, 0) is 36.5 Å². The van der Waals surface area contributed by atoms with Crippen LogP contribution in [0.2, 0.25) is 10.0 Å². The summed E-state index contributed by atoms with van der Waals surface area (Å²) >= 11 is 11.9. The molecule has 1 unspecified atom stereocenters. The zero-order valence-electron chi connectivity index (χ0n) is 12.5. The van der Waals surface area contributed by atoms with E-state index >= 15 is 0 Å². The van der Waals surface area contributed by atoms with Crippen molar-refractivity contribution in [2.45, 2.75) is 12.8 Å². The van der Waals surface area contributed by atoms with Gasteiger partial charge in [0, 0.05) is 18.1 Å². The van der Waals surface area contributed by atoms with E-state index in [-0.39, 0.29) is 22.2 Å². The maximum Gasteiger partial charge on any atom is 0.259 e. The molecule has 1 fully saturated rings. The predicted octanol–water partition coefficient (Wildman–Crippen LogP) is 4.40. The number of halogens is 2. The molecule has 1 amide bonds. The van der Waals surface area contributed by atoms with E-state index in [9.17, 15) is 9.90 Å². The number of phenolic OH excluding ortho intramolecular Hbond substituents is 1. The van der Waals surface area contributed by atoms with E-state index in [0.29, 0.717) is 24.0 Å². The van der Waals surface area contributed by atoms with E-state index in [1.165, 1.54) is 17.7 Å². The van der Waals surface area contributed by atoms with Crippen molar-refractivity contribution in [1.29, 1.82) is 0 Å². The lowest BCUT2D eigenvalue weighted by Gasteiger charge is -2.18. The zero-order chi connectivity index (χ0) is 16.4. The van der Waals surface area contributed by atoms with Crippen LogP contribution in [0.3, 0.4) is 0 Å². The van der Waals surface area contributed by atoms with Crippen LogP contribution in [0.5, 0.6) is 5.75 Å². The number of carbonyl (C=O) groups excluding carboxylic acids is 1. The number of amides is 1. The van der Waals surface area contributed by atoms with Crippen LogP contribution in [0.25, 0.3) is 0 Å². The van der Waals surface area contributed by atoms with Gasteiger partial charge in [-0.15, -0.1) is 0 Å². The normalized spacial score (nSPS) is 17.5. The monoisotopic (exact) mass is 349 g/mol. The van der Waals surface area contributed by atoms with E-state index in [1.54, 1.807) is 4.90 Å². The molecule has 0 saturated carbocycles. The number of aromatic hydroxyl groups is 1. The SMILES string of the molecule is O=C(c1c(O)cc(Cl)cc1Cl)N1CCC(Cc2ccccc2)C1. The summed E-state index contributed by atoms with van der Waals surface area (Å²) in [7, 11) is 0. The summed E-state index contributed by atoms with van der Waals surface area (Å²) in [5.41, 5.74) is 1.41. The number of rotatable bonds is 3. The molecule has 0 aliphatic carbocycles. The highest BCUT2D eigenvalue weighted by Crippen LogP contribution is 2.32. The summed E-state index contributed by atoms with van der Waals surface area (Å²) < 4.78 is 0. The van der Waals surface area contributed by atoms with Crippen LogP contribution in [-0.2, 0) is 6.42 Å². The van der Waals surface area contributed by atoms with E-state index in [1.807, 2.05) is 18.2 Å². The Morgan fingerprint density at radius 3 is 2.65 bits per heavy atom. The van der Waals surface area contributed by atoms with Crippen LogP contribution in [0.1, 0.15) is 22.3 Å². The minimum atomic E-state index is -0.236. The molecule has 1 atom stereocenters. The van der Waals surface area contributed by atoms with Crippen molar-refractivity contribution in [2.24, 2.45) is 5.92 Å². The quantitative estimate of drug-likeness (QED) is 0.891. The van der Waals surface area contributed by atoms with Gasteiger partial charge in [0.25, 0.3) is 5.91 Å². The van der Waals surface area contributed by atoms with Crippen molar-refractivity contribution in [3.63, 3.8) is 0 Å². The number of likely N-dealkylation sites (tertiary alicyclic amines) is 1.